The number of aliphatic hydroxyl groups is 1. The molecule has 0 amide bonds. The second-order valence-electron chi connectivity index (χ2n) is 5.09. The fourth-order valence-corrected chi connectivity index (χ4v) is 2.48. The van der Waals surface area contributed by atoms with Crippen molar-refractivity contribution in [2.45, 2.75) is 13.0 Å². The summed E-state index contributed by atoms with van der Waals surface area (Å²) in [5.74, 6) is -0.247. The van der Waals surface area contributed by atoms with Gasteiger partial charge in [-0.2, -0.15) is 0 Å². The molecule has 1 fully saturated rings. The van der Waals surface area contributed by atoms with Crippen LogP contribution in [-0.2, 0) is 4.74 Å². The lowest BCUT2D eigenvalue weighted by Crippen LogP contribution is -2.44. The predicted octanol–water partition coefficient (Wildman–Crippen LogP) is 1.35. The number of morpholine rings is 1. The number of nitrogens with zero attached hydrogens (tertiary/aromatic N) is 2. The lowest BCUT2D eigenvalue weighted by Gasteiger charge is -2.31. The van der Waals surface area contributed by atoms with E-state index in [4.69, 9.17) is 4.74 Å². The van der Waals surface area contributed by atoms with E-state index in [1.807, 2.05) is 17.9 Å². The third-order valence-electron chi connectivity index (χ3n) is 3.56. The van der Waals surface area contributed by atoms with Gasteiger partial charge in [-0.05, 0) is 25.1 Å². The molecule has 1 unspecified atom stereocenters. The predicted molar refractivity (Wildman–Crippen MR) is 77.6 cm³/mol. The van der Waals surface area contributed by atoms with Crippen molar-refractivity contribution in [1.82, 2.24) is 4.90 Å². The van der Waals surface area contributed by atoms with Crippen molar-refractivity contribution in [2.24, 2.45) is 0 Å². The van der Waals surface area contributed by atoms with Gasteiger partial charge in [0, 0.05) is 38.4 Å². The topological polar surface area (TPSA) is 35.9 Å². The number of hydrogen-bond donors (Lipinski definition) is 1. The Bertz CT molecular complexity index is 411. The van der Waals surface area contributed by atoms with Gasteiger partial charge in [0.15, 0.2) is 0 Å². The summed E-state index contributed by atoms with van der Waals surface area (Å²) in [6, 6.07) is 6.50. The summed E-state index contributed by atoms with van der Waals surface area (Å²) in [4.78, 5) is 4.20. The normalized spacial score (nSPS) is 17.9. The number of ether oxygens (including phenoxy) is 1. The Morgan fingerprint density at radius 2 is 2.15 bits per heavy atom. The molecule has 4 nitrogen and oxygen atoms in total. The van der Waals surface area contributed by atoms with Gasteiger partial charge in [0.05, 0.1) is 19.3 Å². The van der Waals surface area contributed by atoms with E-state index in [0.29, 0.717) is 13.1 Å². The highest BCUT2D eigenvalue weighted by Gasteiger charge is 2.17. The van der Waals surface area contributed by atoms with E-state index >= 15 is 0 Å². The van der Waals surface area contributed by atoms with Crippen LogP contribution in [0.5, 0.6) is 0 Å². The number of aliphatic hydroxyl groups excluding tert-OH is 1. The molecule has 1 saturated heterocycles. The largest absolute Gasteiger partial charge is 0.390 e. The molecule has 0 radical (unpaired) electrons. The first-order chi connectivity index (χ1) is 9.69. The molecule has 0 bridgehead atoms. The van der Waals surface area contributed by atoms with Crippen molar-refractivity contribution in [2.75, 3.05) is 50.8 Å². The van der Waals surface area contributed by atoms with Crippen LogP contribution in [0.25, 0.3) is 0 Å². The molecule has 20 heavy (non-hydrogen) atoms. The molecule has 1 N–H and O–H groups in total. The van der Waals surface area contributed by atoms with Gasteiger partial charge in [-0.1, -0.05) is 6.07 Å². The molecule has 1 atom stereocenters. The molecule has 1 aliphatic heterocycles. The minimum atomic E-state index is -0.448. The highest BCUT2D eigenvalue weighted by Crippen LogP contribution is 2.16. The van der Waals surface area contributed by atoms with Crippen molar-refractivity contribution in [3.8, 4) is 0 Å². The third-order valence-corrected chi connectivity index (χ3v) is 3.56. The number of β-amino-alcohol motifs (C(OH)–C–C–N with tert-alkyl or cyclic N) is 1. The highest BCUT2D eigenvalue weighted by molar-refractivity contribution is 5.46. The molecular weight excluding hydrogens is 259 g/mol. The zero-order valence-electron chi connectivity index (χ0n) is 12.0. The smallest absolute Gasteiger partial charge is 0.125 e. The first kappa shape index (κ1) is 15.2. The fourth-order valence-electron chi connectivity index (χ4n) is 2.48. The van der Waals surface area contributed by atoms with Crippen molar-refractivity contribution in [1.29, 1.82) is 0 Å². The summed E-state index contributed by atoms with van der Waals surface area (Å²) in [6.45, 7) is 7.08. The third kappa shape index (κ3) is 4.44. The molecule has 5 heteroatoms. The standard InChI is InChI=1S/C15H23FN2O2/c1-2-18(14-5-3-4-13(16)10-14)12-15(19)11-17-6-8-20-9-7-17/h3-5,10,15,19H,2,6-9,11-12H2,1H3. The van der Waals surface area contributed by atoms with E-state index < -0.39 is 6.10 Å². The van der Waals surface area contributed by atoms with Gasteiger partial charge in [-0.15, -0.1) is 0 Å². The summed E-state index contributed by atoms with van der Waals surface area (Å²) >= 11 is 0. The molecule has 0 aromatic heterocycles. The summed E-state index contributed by atoms with van der Waals surface area (Å²) < 4.78 is 18.6. The average Bonchev–Trinajstić information content (AvgIpc) is 2.46. The molecule has 1 aromatic rings. The van der Waals surface area contributed by atoms with Crippen LogP contribution in [0.3, 0.4) is 0 Å². The van der Waals surface area contributed by atoms with E-state index in [9.17, 15) is 9.50 Å². The molecule has 2 rings (SSSR count). The Kier molecular flexibility index (Phi) is 5.76. The van der Waals surface area contributed by atoms with Gasteiger partial charge in [0.2, 0.25) is 0 Å². The fraction of sp³-hybridized carbons (Fsp3) is 0.600. The van der Waals surface area contributed by atoms with Crippen LogP contribution >= 0.6 is 0 Å². The Balaban J connectivity index is 1.88. The molecule has 0 spiro atoms. The number of likely N-dealkylation sites (N-methyl/N-ethyl adjacent to an activating group) is 1. The molecule has 1 aliphatic rings. The maximum absolute atomic E-state index is 13.3. The Morgan fingerprint density at radius 1 is 1.40 bits per heavy atom. The SMILES string of the molecule is CCN(CC(O)CN1CCOCC1)c1cccc(F)c1. The van der Waals surface area contributed by atoms with Gasteiger partial charge in [0.1, 0.15) is 5.82 Å². The van der Waals surface area contributed by atoms with Crippen LogP contribution in [0, 0.1) is 5.82 Å². The van der Waals surface area contributed by atoms with E-state index in [-0.39, 0.29) is 5.82 Å². The first-order valence-corrected chi connectivity index (χ1v) is 7.17. The van der Waals surface area contributed by atoms with Crippen molar-refractivity contribution in [3.05, 3.63) is 30.1 Å². The average molecular weight is 282 g/mol. The second kappa shape index (κ2) is 7.57. The van der Waals surface area contributed by atoms with Crippen LogP contribution in [-0.4, -0.2) is 62.0 Å². The molecule has 1 heterocycles. The number of anilines is 1. The maximum atomic E-state index is 13.3. The Hall–Kier alpha value is -1.17. The zero-order valence-corrected chi connectivity index (χ0v) is 12.0. The molecule has 0 saturated carbocycles. The van der Waals surface area contributed by atoms with E-state index in [2.05, 4.69) is 4.90 Å². The van der Waals surface area contributed by atoms with Gasteiger partial charge in [-0.25, -0.2) is 4.39 Å². The second-order valence-corrected chi connectivity index (χ2v) is 5.09. The minimum absolute atomic E-state index is 0.247. The molecule has 1 aromatic carbocycles. The molecular formula is C15H23FN2O2. The van der Waals surface area contributed by atoms with Gasteiger partial charge in [-0.3, -0.25) is 4.90 Å². The quantitative estimate of drug-likeness (QED) is 0.854. The van der Waals surface area contributed by atoms with E-state index in [1.165, 1.54) is 12.1 Å². The number of rotatable bonds is 6. The zero-order chi connectivity index (χ0) is 14.4. The van der Waals surface area contributed by atoms with E-state index in [1.54, 1.807) is 6.07 Å². The lowest BCUT2D eigenvalue weighted by molar-refractivity contribution is 0.0161. The van der Waals surface area contributed by atoms with E-state index in [0.717, 1.165) is 38.5 Å². The number of hydrogen-bond acceptors (Lipinski definition) is 4. The van der Waals surface area contributed by atoms with Crippen molar-refractivity contribution in [3.63, 3.8) is 0 Å². The summed E-state index contributed by atoms with van der Waals surface area (Å²) in [7, 11) is 0. The van der Waals surface area contributed by atoms with Crippen molar-refractivity contribution < 1.29 is 14.2 Å². The molecule has 112 valence electrons. The summed E-state index contributed by atoms with van der Waals surface area (Å²) in [5.41, 5.74) is 0.813. The summed E-state index contributed by atoms with van der Waals surface area (Å²) in [5, 5.41) is 10.2. The van der Waals surface area contributed by atoms with Gasteiger partial charge in [0.25, 0.3) is 0 Å². The van der Waals surface area contributed by atoms with Crippen molar-refractivity contribution >= 4 is 5.69 Å². The van der Waals surface area contributed by atoms with Gasteiger partial charge < -0.3 is 14.7 Å². The minimum Gasteiger partial charge on any atom is -0.390 e. The Labute approximate surface area is 119 Å². The lowest BCUT2D eigenvalue weighted by atomic mass is 10.2. The first-order valence-electron chi connectivity index (χ1n) is 7.17. The highest BCUT2D eigenvalue weighted by atomic mass is 19.1. The van der Waals surface area contributed by atoms with Crippen LogP contribution < -0.4 is 4.90 Å². The Morgan fingerprint density at radius 3 is 2.80 bits per heavy atom. The number of benzene rings is 1. The molecule has 0 aliphatic carbocycles. The maximum Gasteiger partial charge on any atom is 0.125 e. The van der Waals surface area contributed by atoms with Gasteiger partial charge >= 0.3 is 0 Å². The van der Waals surface area contributed by atoms with Crippen LogP contribution in [0.1, 0.15) is 6.92 Å². The van der Waals surface area contributed by atoms with Crippen LogP contribution in [0.4, 0.5) is 10.1 Å². The summed E-state index contributed by atoms with van der Waals surface area (Å²) in [6.07, 6.45) is -0.448. The monoisotopic (exact) mass is 282 g/mol. The van der Waals surface area contributed by atoms with Crippen LogP contribution in [0.15, 0.2) is 24.3 Å². The number of halogens is 1. The van der Waals surface area contributed by atoms with Crippen LogP contribution in [0.2, 0.25) is 0 Å².